The summed E-state index contributed by atoms with van der Waals surface area (Å²) >= 11 is 0. The largest absolute Gasteiger partial charge is 0.395 e. The predicted octanol–water partition coefficient (Wildman–Crippen LogP) is 5.17. The summed E-state index contributed by atoms with van der Waals surface area (Å²) in [6.45, 7) is 11.9. The summed E-state index contributed by atoms with van der Waals surface area (Å²) < 4.78 is 23.7. The first-order valence-corrected chi connectivity index (χ1v) is 17.5. The fourth-order valence-electron chi connectivity index (χ4n) is 10.3. The van der Waals surface area contributed by atoms with E-state index in [9.17, 15) is 28.5 Å². The second-order valence-electron chi connectivity index (χ2n) is 15.2. The van der Waals surface area contributed by atoms with Gasteiger partial charge >= 0.3 is 0 Å². The Morgan fingerprint density at radius 1 is 1.00 bits per heavy atom. The van der Waals surface area contributed by atoms with Crippen LogP contribution >= 0.6 is 0 Å². The molecule has 0 bridgehead atoms. The Labute approximate surface area is 237 Å². The lowest BCUT2D eigenvalue weighted by atomic mass is 9.41. The maximum absolute atomic E-state index is 12.5. The topological polar surface area (TPSA) is 112 Å². The second kappa shape index (κ2) is 11.3. The average Bonchev–Trinajstić information content (AvgIpc) is 3.22. The Balaban J connectivity index is 1.42. The zero-order chi connectivity index (χ0) is 29.0. The van der Waals surface area contributed by atoms with E-state index < -0.39 is 26.9 Å². The number of ketones is 1. The summed E-state index contributed by atoms with van der Waals surface area (Å²) in [6, 6.07) is 0. The molecular weight excluding hydrogens is 512 g/mol. The first-order valence-electron chi connectivity index (χ1n) is 15.8. The summed E-state index contributed by atoms with van der Waals surface area (Å²) in [7, 11) is -3.68. The fourth-order valence-corrected chi connectivity index (χ4v) is 11.5. The SMILES string of the molecule is CC[C@H]1[C@@H](O)[C@@H]2[C@H](CC[C@]3(C)[C@@H]([C@H](C)CCCC(=O)CS(=O)(=O)C(C)(C)CO)CC[C@@H]23)[C@@]2(C)CC[C@@H](O)C[C@@H]12. The van der Waals surface area contributed by atoms with Crippen molar-refractivity contribution in [1.82, 2.24) is 0 Å². The van der Waals surface area contributed by atoms with E-state index in [1.807, 2.05) is 0 Å². The maximum Gasteiger partial charge on any atom is 0.164 e. The zero-order valence-corrected chi connectivity index (χ0v) is 26.2. The molecule has 0 heterocycles. The summed E-state index contributed by atoms with van der Waals surface area (Å²) in [5, 5.41) is 31.8. The molecule has 226 valence electrons. The Bertz CT molecular complexity index is 993. The van der Waals surface area contributed by atoms with E-state index in [4.69, 9.17) is 0 Å². The van der Waals surface area contributed by atoms with Crippen molar-refractivity contribution >= 4 is 15.6 Å². The molecular formula is C32H56O6S. The zero-order valence-electron chi connectivity index (χ0n) is 25.4. The van der Waals surface area contributed by atoms with Gasteiger partial charge in [0.15, 0.2) is 9.84 Å². The first-order chi connectivity index (χ1) is 18.1. The van der Waals surface area contributed by atoms with Crippen LogP contribution in [0.25, 0.3) is 0 Å². The molecule has 4 aliphatic carbocycles. The molecule has 0 aliphatic heterocycles. The van der Waals surface area contributed by atoms with Crippen molar-refractivity contribution in [3.8, 4) is 0 Å². The number of carbonyl (C=O) groups is 1. The van der Waals surface area contributed by atoms with Gasteiger partial charge in [0.25, 0.3) is 0 Å². The molecule has 0 spiro atoms. The molecule has 6 nitrogen and oxygen atoms in total. The van der Waals surface area contributed by atoms with E-state index in [0.29, 0.717) is 41.9 Å². The number of aliphatic hydroxyl groups excluding tert-OH is 3. The summed E-state index contributed by atoms with van der Waals surface area (Å²) in [4.78, 5) is 12.5. The number of Topliss-reactive ketones (excluding diaryl/α,β-unsaturated/α-hetero) is 1. The molecule has 0 aromatic carbocycles. The van der Waals surface area contributed by atoms with Crippen LogP contribution < -0.4 is 0 Å². The minimum absolute atomic E-state index is 0.190. The van der Waals surface area contributed by atoms with Crippen LogP contribution in [0.1, 0.15) is 112 Å². The molecule has 39 heavy (non-hydrogen) atoms. The van der Waals surface area contributed by atoms with E-state index in [1.54, 1.807) is 0 Å². The number of hydrogen-bond acceptors (Lipinski definition) is 6. The van der Waals surface area contributed by atoms with Crippen LogP contribution in [-0.4, -0.2) is 58.8 Å². The number of fused-ring (bicyclic) bond motifs is 5. The van der Waals surface area contributed by atoms with Crippen molar-refractivity contribution in [2.75, 3.05) is 12.4 Å². The minimum Gasteiger partial charge on any atom is -0.395 e. The third-order valence-corrected chi connectivity index (χ3v) is 15.4. The molecule has 4 aliphatic rings. The molecule has 4 fully saturated rings. The number of aliphatic hydroxyl groups is 3. The third kappa shape index (κ3) is 5.41. The van der Waals surface area contributed by atoms with Gasteiger partial charge in [-0.15, -0.1) is 0 Å². The van der Waals surface area contributed by atoms with Gasteiger partial charge in [0.2, 0.25) is 0 Å². The van der Waals surface area contributed by atoms with Gasteiger partial charge in [-0.3, -0.25) is 4.79 Å². The molecule has 0 radical (unpaired) electrons. The Kier molecular flexibility index (Phi) is 9.11. The lowest BCUT2D eigenvalue weighted by molar-refractivity contribution is -0.203. The maximum atomic E-state index is 12.5. The monoisotopic (exact) mass is 568 g/mol. The number of sulfone groups is 1. The van der Waals surface area contributed by atoms with E-state index in [0.717, 1.165) is 44.9 Å². The highest BCUT2D eigenvalue weighted by molar-refractivity contribution is 7.93. The van der Waals surface area contributed by atoms with Gasteiger partial charge in [-0.05, 0) is 117 Å². The van der Waals surface area contributed by atoms with E-state index in [1.165, 1.54) is 26.7 Å². The normalized spacial score (nSPS) is 43.3. The lowest BCUT2D eigenvalue weighted by Gasteiger charge is -2.64. The first kappa shape index (κ1) is 31.4. The van der Waals surface area contributed by atoms with Crippen molar-refractivity contribution < 1.29 is 28.5 Å². The quantitative estimate of drug-likeness (QED) is 0.335. The van der Waals surface area contributed by atoms with Crippen molar-refractivity contribution in [3.05, 3.63) is 0 Å². The molecule has 0 unspecified atom stereocenters. The highest BCUT2D eigenvalue weighted by Gasteiger charge is 2.64. The third-order valence-electron chi connectivity index (χ3n) is 12.8. The molecule has 7 heteroatoms. The van der Waals surface area contributed by atoms with Gasteiger partial charge in [0.05, 0.1) is 23.6 Å². The smallest absolute Gasteiger partial charge is 0.164 e. The minimum atomic E-state index is -3.68. The van der Waals surface area contributed by atoms with Gasteiger partial charge in [-0.25, -0.2) is 8.42 Å². The van der Waals surface area contributed by atoms with Crippen molar-refractivity contribution in [2.24, 2.45) is 52.3 Å². The highest BCUT2D eigenvalue weighted by Crippen LogP contribution is 2.69. The molecule has 4 rings (SSSR count). The summed E-state index contributed by atoms with van der Waals surface area (Å²) in [5.41, 5.74) is 0.399. The number of hydrogen-bond donors (Lipinski definition) is 3. The number of rotatable bonds is 10. The highest BCUT2D eigenvalue weighted by atomic mass is 32.2. The Morgan fingerprint density at radius 2 is 1.64 bits per heavy atom. The van der Waals surface area contributed by atoms with Crippen molar-refractivity contribution in [3.63, 3.8) is 0 Å². The van der Waals surface area contributed by atoms with Crippen LogP contribution in [0.5, 0.6) is 0 Å². The second-order valence-corrected chi connectivity index (χ2v) is 17.8. The van der Waals surface area contributed by atoms with Gasteiger partial charge in [0, 0.05) is 6.42 Å². The number of carbonyl (C=O) groups excluding carboxylic acids is 1. The van der Waals surface area contributed by atoms with Crippen LogP contribution in [-0.2, 0) is 14.6 Å². The average molecular weight is 569 g/mol. The van der Waals surface area contributed by atoms with Crippen LogP contribution in [0.15, 0.2) is 0 Å². The van der Waals surface area contributed by atoms with Gasteiger partial charge in [-0.1, -0.05) is 40.5 Å². The molecule has 0 aromatic heterocycles. The molecule has 0 aromatic rings. The molecule has 11 atom stereocenters. The van der Waals surface area contributed by atoms with E-state index in [-0.39, 0.29) is 41.2 Å². The Morgan fingerprint density at radius 3 is 2.28 bits per heavy atom. The summed E-state index contributed by atoms with van der Waals surface area (Å²) in [5.74, 6) is 2.32. The molecule has 0 saturated heterocycles. The van der Waals surface area contributed by atoms with Crippen molar-refractivity contribution in [1.29, 1.82) is 0 Å². The van der Waals surface area contributed by atoms with Gasteiger partial charge in [-0.2, -0.15) is 0 Å². The van der Waals surface area contributed by atoms with E-state index >= 15 is 0 Å². The molecule has 0 amide bonds. The van der Waals surface area contributed by atoms with Crippen LogP contribution in [0, 0.1) is 52.3 Å². The summed E-state index contributed by atoms with van der Waals surface area (Å²) in [6.07, 6.45) is 9.83. The Hall–Kier alpha value is -0.500. The van der Waals surface area contributed by atoms with Crippen LogP contribution in [0.3, 0.4) is 0 Å². The van der Waals surface area contributed by atoms with Crippen LogP contribution in [0.4, 0.5) is 0 Å². The van der Waals surface area contributed by atoms with E-state index in [2.05, 4.69) is 27.7 Å². The van der Waals surface area contributed by atoms with Gasteiger partial charge < -0.3 is 15.3 Å². The molecule has 3 N–H and O–H groups in total. The van der Waals surface area contributed by atoms with Gasteiger partial charge in [0.1, 0.15) is 11.5 Å². The molecule has 4 saturated carbocycles. The van der Waals surface area contributed by atoms with Crippen molar-refractivity contribution in [2.45, 2.75) is 129 Å². The van der Waals surface area contributed by atoms with Crippen LogP contribution in [0.2, 0.25) is 0 Å². The standard InChI is InChI=1S/C32H56O6S/c1-7-23-27-17-21(34)13-15-32(27,6)26-14-16-31(5)24(11-12-25(31)28(26)29(23)36)20(2)9-8-10-22(35)18-39(37,38)30(3,4)19-33/h20-21,23-29,33-34,36H,7-19H2,1-6H3/t20-,21-,23-,24-,25+,26+,27+,28+,29-,31-,32-/m1/s1. The predicted molar refractivity (Wildman–Crippen MR) is 155 cm³/mol. The fraction of sp³-hybridized carbons (Fsp3) is 0.969. The lowest BCUT2D eigenvalue weighted by Crippen LogP contribution is -2.62.